The van der Waals surface area contributed by atoms with E-state index in [1.54, 1.807) is 6.07 Å². The van der Waals surface area contributed by atoms with Gasteiger partial charge in [0.15, 0.2) is 17.6 Å². The normalized spacial score (nSPS) is 23.1. The lowest BCUT2D eigenvalue weighted by atomic mass is 10.0. The van der Waals surface area contributed by atoms with Crippen molar-refractivity contribution in [3.63, 3.8) is 0 Å². The Labute approximate surface area is 162 Å². The van der Waals surface area contributed by atoms with Gasteiger partial charge >= 0.3 is 0 Å². The lowest BCUT2D eigenvalue weighted by Gasteiger charge is -2.28. The summed E-state index contributed by atoms with van der Waals surface area (Å²) < 4.78 is 17.2. The SMILES string of the molecule is O=C([C@H]1Cc2cc(Cl)ccc2O1)N1CCC[C@H]1c1ccc2c(c1)OCCO2. The van der Waals surface area contributed by atoms with Crippen LogP contribution in [0.3, 0.4) is 0 Å². The van der Waals surface area contributed by atoms with Gasteiger partial charge in [0.25, 0.3) is 5.91 Å². The van der Waals surface area contributed by atoms with E-state index in [1.807, 2.05) is 35.2 Å². The molecule has 140 valence electrons. The van der Waals surface area contributed by atoms with E-state index in [0.717, 1.165) is 47.8 Å². The largest absolute Gasteiger partial charge is 0.486 e. The van der Waals surface area contributed by atoms with Crippen molar-refractivity contribution in [2.45, 2.75) is 31.4 Å². The molecule has 0 unspecified atom stereocenters. The maximum Gasteiger partial charge on any atom is 0.264 e. The molecule has 5 rings (SSSR count). The molecule has 0 bridgehead atoms. The third-order valence-electron chi connectivity index (χ3n) is 5.46. The average Bonchev–Trinajstić information content (AvgIpc) is 3.33. The van der Waals surface area contributed by atoms with Crippen LogP contribution in [0.4, 0.5) is 0 Å². The van der Waals surface area contributed by atoms with Crippen molar-refractivity contribution in [2.24, 2.45) is 0 Å². The van der Waals surface area contributed by atoms with Crippen LogP contribution in [0.15, 0.2) is 36.4 Å². The third-order valence-corrected chi connectivity index (χ3v) is 5.69. The van der Waals surface area contributed by atoms with Crippen molar-refractivity contribution in [1.82, 2.24) is 4.90 Å². The van der Waals surface area contributed by atoms with Gasteiger partial charge in [0.1, 0.15) is 19.0 Å². The second-order valence-electron chi connectivity index (χ2n) is 7.16. The second-order valence-corrected chi connectivity index (χ2v) is 7.59. The number of carbonyl (C=O) groups is 1. The first-order chi connectivity index (χ1) is 13.2. The summed E-state index contributed by atoms with van der Waals surface area (Å²) in [5.74, 6) is 2.33. The molecule has 0 saturated carbocycles. The second kappa shape index (κ2) is 6.64. The van der Waals surface area contributed by atoms with Crippen LogP contribution in [0, 0.1) is 0 Å². The smallest absolute Gasteiger partial charge is 0.264 e. The van der Waals surface area contributed by atoms with E-state index in [4.69, 9.17) is 25.8 Å². The van der Waals surface area contributed by atoms with E-state index >= 15 is 0 Å². The van der Waals surface area contributed by atoms with Crippen LogP contribution in [0.25, 0.3) is 0 Å². The van der Waals surface area contributed by atoms with Crippen LogP contribution in [0.5, 0.6) is 17.2 Å². The molecule has 0 radical (unpaired) electrons. The molecule has 27 heavy (non-hydrogen) atoms. The zero-order chi connectivity index (χ0) is 18.4. The molecule has 1 saturated heterocycles. The number of hydrogen-bond donors (Lipinski definition) is 0. The molecule has 1 amide bonds. The first-order valence-electron chi connectivity index (χ1n) is 9.34. The molecule has 2 atom stereocenters. The van der Waals surface area contributed by atoms with Crippen molar-refractivity contribution in [3.05, 3.63) is 52.5 Å². The molecule has 1 fully saturated rings. The van der Waals surface area contributed by atoms with Crippen molar-refractivity contribution < 1.29 is 19.0 Å². The number of likely N-dealkylation sites (tertiary alicyclic amines) is 1. The highest BCUT2D eigenvalue weighted by Gasteiger charge is 2.38. The predicted molar refractivity (Wildman–Crippen MR) is 101 cm³/mol. The average molecular weight is 386 g/mol. The van der Waals surface area contributed by atoms with Gasteiger partial charge in [0.2, 0.25) is 0 Å². The number of halogens is 1. The van der Waals surface area contributed by atoms with Crippen LogP contribution >= 0.6 is 11.6 Å². The summed E-state index contributed by atoms with van der Waals surface area (Å²) in [5.41, 5.74) is 2.08. The summed E-state index contributed by atoms with van der Waals surface area (Å²) in [6, 6.07) is 11.5. The highest BCUT2D eigenvalue weighted by Crippen LogP contribution is 2.39. The Morgan fingerprint density at radius 2 is 1.85 bits per heavy atom. The Hall–Kier alpha value is -2.40. The first-order valence-corrected chi connectivity index (χ1v) is 9.72. The summed E-state index contributed by atoms with van der Waals surface area (Å²) in [5, 5.41) is 0.667. The molecule has 5 nitrogen and oxygen atoms in total. The highest BCUT2D eigenvalue weighted by atomic mass is 35.5. The molecular weight excluding hydrogens is 366 g/mol. The predicted octanol–water partition coefficient (Wildman–Crippen LogP) is 3.78. The molecule has 0 spiro atoms. The fourth-order valence-electron chi connectivity index (χ4n) is 4.18. The Balaban J connectivity index is 1.36. The van der Waals surface area contributed by atoms with Gasteiger partial charge in [-0.2, -0.15) is 0 Å². The maximum atomic E-state index is 13.2. The van der Waals surface area contributed by atoms with Crippen LogP contribution in [-0.2, 0) is 11.2 Å². The van der Waals surface area contributed by atoms with Gasteiger partial charge in [-0.15, -0.1) is 0 Å². The summed E-state index contributed by atoms with van der Waals surface area (Å²) in [6.07, 6.45) is 2.02. The van der Waals surface area contributed by atoms with Crippen molar-refractivity contribution in [1.29, 1.82) is 0 Å². The number of ether oxygens (including phenoxy) is 3. The zero-order valence-electron chi connectivity index (χ0n) is 14.8. The van der Waals surface area contributed by atoms with Crippen molar-refractivity contribution >= 4 is 17.5 Å². The number of amides is 1. The van der Waals surface area contributed by atoms with Crippen LogP contribution < -0.4 is 14.2 Å². The van der Waals surface area contributed by atoms with Gasteiger partial charge in [-0.25, -0.2) is 0 Å². The van der Waals surface area contributed by atoms with E-state index in [0.29, 0.717) is 24.7 Å². The topological polar surface area (TPSA) is 48.0 Å². The van der Waals surface area contributed by atoms with E-state index in [2.05, 4.69) is 0 Å². The molecular formula is C21H20ClNO4. The quantitative estimate of drug-likeness (QED) is 0.789. The molecule has 2 aromatic carbocycles. The van der Waals surface area contributed by atoms with Crippen LogP contribution in [0.1, 0.15) is 30.0 Å². The Kier molecular flexibility index (Phi) is 4.12. The minimum absolute atomic E-state index is 0.0414. The highest BCUT2D eigenvalue weighted by molar-refractivity contribution is 6.30. The number of fused-ring (bicyclic) bond motifs is 2. The minimum atomic E-state index is -0.476. The molecule has 2 aromatic rings. The van der Waals surface area contributed by atoms with E-state index in [1.165, 1.54) is 0 Å². The molecule has 0 N–H and O–H groups in total. The van der Waals surface area contributed by atoms with Crippen molar-refractivity contribution in [2.75, 3.05) is 19.8 Å². The number of nitrogens with zero attached hydrogens (tertiary/aromatic N) is 1. The molecule has 3 aliphatic heterocycles. The van der Waals surface area contributed by atoms with Crippen LogP contribution in [0.2, 0.25) is 5.02 Å². The molecule has 3 heterocycles. The van der Waals surface area contributed by atoms with Gasteiger partial charge in [-0.1, -0.05) is 17.7 Å². The lowest BCUT2D eigenvalue weighted by Crippen LogP contribution is -2.41. The first kappa shape index (κ1) is 16.8. The van der Waals surface area contributed by atoms with Crippen molar-refractivity contribution in [3.8, 4) is 17.2 Å². The third kappa shape index (κ3) is 3.00. The maximum absolute atomic E-state index is 13.2. The Morgan fingerprint density at radius 3 is 2.74 bits per heavy atom. The molecule has 6 heteroatoms. The monoisotopic (exact) mass is 385 g/mol. The van der Waals surface area contributed by atoms with E-state index in [-0.39, 0.29) is 11.9 Å². The lowest BCUT2D eigenvalue weighted by molar-refractivity contribution is -0.138. The van der Waals surface area contributed by atoms with Gasteiger partial charge in [0, 0.05) is 18.0 Å². The zero-order valence-corrected chi connectivity index (χ0v) is 15.6. The van der Waals surface area contributed by atoms with Gasteiger partial charge in [-0.3, -0.25) is 4.79 Å². The fourth-order valence-corrected chi connectivity index (χ4v) is 4.38. The Bertz CT molecular complexity index is 900. The number of rotatable bonds is 2. The summed E-state index contributed by atoms with van der Waals surface area (Å²) in [7, 11) is 0. The standard InChI is InChI=1S/C21H20ClNO4/c22-15-4-6-17-14(10-15)12-20(27-17)21(24)23-7-1-2-16(23)13-3-5-18-19(11-13)26-9-8-25-18/h3-6,10-11,16,20H,1-2,7-9,12H2/t16-,20+/m0/s1. The van der Waals surface area contributed by atoms with Gasteiger partial charge < -0.3 is 19.1 Å². The van der Waals surface area contributed by atoms with Crippen LogP contribution in [-0.4, -0.2) is 36.7 Å². The molecule has 3 aliphatic rings. The number of carbonyl (C=O) groups excluding carboxylic acids is 1. The van der Waals surface area contributed by atoms with E-state index < -0.39 is 6.10 Å². The Morgan fingerprint density at radius 1 is 1.04 bits per heavy atom. The number of hydrogen-bond acceptors (Lipinski definition) is 4. The molecule has 0 aromatic heterocycles. The number of benzene rings is 2. The van der Waals surface area contributed by atoms with Gasteiger partial charge in [0.05, 0.1) is 6.04 Å². The summed E-state index contributed by atoms with van der Waals surface area (Å²) >= 11 is 6.07. The molecule has 0 aliphatic carbocycles. The summed E-state index contributed by atoms with van der Waals surface area (Å²) in [4.78, 5) is 15.1. The van der Waals surface area contributed by atoms with E-state index in [9.17, 15) is 4.79 Å². The van der Waals surface area contributed by atoms with Gasteiger partial charge in [-0.05, 0) is 54.3 Å². The summed E-state index contributed by atoms with van der Waals surface area (Å²) in [6.45, 7) is 1.87. The fraction of sp³-hybridized carbons (Fsp3) is 0.381. The minimum Gasteiger partial charge on any atom is -0.486 e.